The molecule has 2 aromatic carbocycles. The fourth-order valence-electron chi connectivity index (χ4n) is 3.38. The van der Waals surface area contributed by atoms with Gasteiger partial charge in [0, 0.05) is 24.7 Å². The number of carbonyl (C=O) groups is 1. The fraction of sp³-hybridized carbons (Fsp3) is 0.190. The van der Waals surface area contributed by atoms with Crippen molar-refractivity contribution in [2.24, 2.45) is 12.2 Å². The average Bonchev–Trinajstić information content (AvgIpc) is 3.05. The van der Waals surface area contributed by atoms with Crippen LogP contribution in [0.3, 0.4) is 0 Å². The molecule has 0 spiro atoms. The lowest BCUT2D eigenvalue weighted by Crippen LogP contribution is -2.46. The summed E-state index contributed by atoms with van der Waals surface area (Å²) in [6.07, 6.45) is -0.0986. The highest BCUT2D eigenvalue weighted by Crippen LogP contribution is 2.33. The molecule has 29 heavy (non-hydrogen) atoms. The van der Waals surface area contributed by atoms with Gasteiger partial charge in [-0.15, -0.1) is 0 Å². The topological polar surface area (TPSA) is 102 Å². The zero-order valence-corrected chi connectivity index (χ0v) is 17.3. The van der Waals surface area contributed by atoms with Crippen molar-refractivity contribution < 1.29 is 18.3 Å². The van der Waals surface area contributed by atoms with E-state index in [-0.39, 0.29) is 12.2 Å². The number of ketones is 1. The predicted octanol–water partition coefficient (Wildman–Crippen LogP) is 2.63. The van der Waals surface area contributed by atoms with Gasteiger partial charge in [-0.2, -0.15) is 0 Å². The van der Waals surface area contributed by atoms with E-state index in [1.54, 1.807) is 78.3 Å². The first-order valence-electron chi connectivity index (χ1n) is 8.84. The van der Waals surface area contributed by atoms with E-state index in [1.807, 2.05) is 0 Å². The first-order chi connectivity index (χ1) is 13.7. The van der Waals surface area contributed by atoms with Crippen LogP contribution >= 0.6 is 11.6 Å². The zero-order chi connectivity index (χ0) is 21.2. The zero-order valence-electron chi connectivity index (χ0n) is 15.7. The number of sulfonamides is 1. The lowest BCUT2D eigenvalue weighted by molar-refractivity contribution is 0.103. The van der Waals surface area contributed by atoms with E-state index < -0.39 is 21.4 Å². The standard InChI is InChI=1S/C21H21ClN2O4S/c1-24-16(11-12-19(24)20(26)17-9-5-6-10-18(17)22)13-21(14-25,29(23,27)28)15-7-3-2-4-8-15/h2-12,25H,13-14H2,1H3,(H2,23,27,28). The second-order valence-electron chi connectivity index (χ2n) is 6.82. The molecule has 0 amide bonds. The molecule has 0 fully saturated rings. The number of aliphatic hydroxyl groups excluding tert-OH is 1. The van der Waals surface area contributed by atoms with Gasteiger partial charge in [-0.1, -0.05) is 54.1 Å². The van der Waals surface area contributed by atoms with Crippen LogP contribution in [0.5, 0.6) is 0 Å². The van der Waals surface area contributed by atoms with Gasteiger partial charge in [-0.05, 0) is 29.8 Å². The van der Waals surface area contributed by atoms with Gasteiger partial charge in [-0.25, -0.2) is 13.6 Å². The number of halogens is 1. The van der Waals surface area contributed by atoms with Gasteiger partial charge in [0.05, 0.1) is 17.3 Å². The van der Waals surface area contributed by atoms with E-state index in [0.29, 0.717) is 27.5 Å². The molecule has 0 saturated carbocycles. The number of nitrogens with zero attached hydrogens (tertiary/aromatic N) is 1. The molecule has 0 saturated heterocycles. The lowest BCUT2D eigenvalue weighted by Gasteiger charge is -2.30. The molecule has 8 heteroatoms. The van der Waals surface area contributed by atoms with E-state index in [9.17, 15) is 18.3 Å². The third kappa shape index (κ3) is 3.86. The third-order valence-corrected chi connectivity index (χ3v) is 7.07. The molecule has 1 atom stereocenters. The molecule has 3 rings (SSSR count). The van der Waals surface area contributed by atoms with Gasteiger partial charge in [0.15, 0.2) is 0 Å². The molecular weight excluding hydrogens is 412 g/mol. The van der Waals surface area contributed by atoms with E-state index in [2.05, 4.69) is 0 Å². The predicted molar refractivity (Wildman–Crippen MR) is 112 cm³/mol. The normalized spacial score (nSPS) is 13.8. The van der Waals surface area contributed by atoms with Crippen molar-refractivity contribution >= 4 is 27.4 Å². The van der Waals surface area contributed by atoms with Gasteiger partial charge in [-0.3, -0.25) is 4.79 Å². The van der Waals surface area contributed by atoms with Crippen LogP contribution in [0.4, 0.5) is 0 Å². The minimum atomic E-state index is -4.18. The van der Waals surface area contributed by atoms with Crippen LogP contribution in [0.15, 0.2) is 66.7 Å². The molecule has 1 heterocycles. The number of rotatable bonds is 7. The summed E-state index contributed by atoms with van der Waals surface area (Å²) < 4.78 is 24.9. The third-order valence-electron chi connectivity index (χ3n) is 5.14. The highest BCUT2D eigenvalue weighted by atomic mass is 35.5. The molecule has 0 aliphatic heterocycles. The van der Waals surface area contributed by atoms with Crippen molar-refractivity contribution in [3.63, 3.8) is 0 Å². The second-order valence-corrected chi connectivity index (χ2v) is 9.10. The Balaban J connectivity index is 2.06. The summed E-state index contributed by atoms with van der Waals surface area (Å²) >= 11 is 6.14. The van der Waals surface area contributed by atoms with Crippen LogP contribution in [0.2, 0.25) is 5.02 Å². The number of aliphatic hydroxyl groups is 1. The van der Waals surface area contributed by atoms with Crippen molar-refractivity contribution in [2.75, 3.05) is 6.61 Å². The van der Waals surface area contributed by atoms with E-state index in [1.165, 1.54) is 0 Å². The number of aromatic nitrogens is 1. The molecule has 1 unspecified atom stereocenters. The first kappa shape index (κ1) is 21.3. The smallest absolute Gasteiger partial charge is 0.221 e. The highest BCUT2D eigenvalue weighted by Gasteiger charge is 2.44. The largest absolute Gasteiger partial charge is 0.394 e. The van der Waals surface area contributed by atoms with E-state index in [4.69, 9.17) is 16.7 Å². The molecule has 152 valence electrons. The minimum absolute atomic E-state index is 0.0986. The molecule has 0 radical (unpaired) electrons. The SMILES string of the molecule is Cn1c(CC(CO)(c2ccccc2)S(N)(=O)=O)ccc1C(=O)c1ccccc1Cl. The van der Waals surface area contributed by atoms with E-state index >= 15 is 0 Å². The average molecular weight is 433 g/mol. The summed E-state index contributed by atoms with van der Waals surface area (Å²) in [7, 11) is -2.52. The summed E-state index contributed by atoms with van der Waals surface area (Å²) in [5.74, 6) is -0.283. The maximum Gasteiger partial charge on any atom is 0.221 e. The summed E-state index contributed by atoms with van der Waals surface area (Å²) in [5.41, 5.74) is 1.62. The number of primary sulfonamides is 1. The molecule has 3 aromatic rings. The van der Waals surface area contributed by atoms with Gasteiger partial charge < -0.3 is 9.67 Å². The molecule has 0 aliphatic carbocycles. The van der Waals surface area contributed by atoms with Gasteiger partial charge in [0.1, 0.15) is 4.75 Å². The van der Waals surface area contributed by atoms with Crippen molar-refractivity contribution in [1.82, 2.24) is 4.57 Å². The Labute approximate surface area is 174 Å². The second kappa shape index (κ2) is 8.12. The first-order valence-corrected chi connectivity index (χ1v) is 10.8. The Morgan fingerprint density at radius 2 is 1.69 bits per heavy atom. The number of hydrogen-bond acceptors (Lipinski definition) is 4. The van der Waals surface area contributed by atoms with Gasteiger partial charge >= 0.3 is 0 Å². The van der Waals surface area contributed by atoms with E-state index in [0.717, 1.165) is 0 Å². The van der Waals surface area contributed by atoms with Crippen molar-refractivity contribution in [3.8, 4) is 0 Å². The maximum absolute atomic E-state index is 12.9. The Bertz CT molecular complexity index is 1140. The Kier molecular flexibility index (Phi) is 5.95. The van der Waals surface area contributed by atoms with Gasteiger partial charge in [0.25, 0.3) is 0 Å². The monoisotopic (exact) mass is 432 g/mol. The van der Waals surface area contributed by atoms with Crippen LogP contribution in [0, 0.1) is 0 Å². The molecule has 3 N–H and O–H groups in total. The maximum atomic E-state index is 12.9. The van der Waals surface area contributed by atoms with Gasteiger partial charge in [0.2, 0.25) is 15.8 Å². The summed E-state index contributed by atoms with van der Waals surface area (Å²) in [5, 5.41) is 16.0. The molecule has 0 bridgehead atoms. The van der Waals surface area contributed by atoms with Crippen LogP contribution < -0.4 is 5.14 Å². The summed E-state index contributed by atoms with van der Waals surface area (Å²) in [4.78, 5) is 12.9. The molecule has 0 aliphatic rings. The van der Waals surface area contributed by atoms with Crippen LogP contribution in [0.1, 0.15) is 27.3 Å². The van der Waals surface area contributed by atoms with Crippen molar-refractivity contribution in [1.29, 1.82) is 0 Å². The quantitative estimate of drug-likeness (QED) is 0.560. The van der Waals surface area contributed by atoms with Crippen LogP contribution in [-0.4, -0.2) is 30.5 Å². The number of hydrogen-bond donors (Lipinski definition) is 2. The van der Waals surface area contributed by atoms with Crippen LogP contribution in [-0.2, 0) is 28.2 Å². The summed E-state index contributed by atoms with van der Waals surface area (Å²) in [6, 6.07) is 18.3. The number of carbonyl (C=O) groups excluding carboxylic acids is 1. The molecule has 1 aromatic heterocycles. The highest BCUT2D eigenvalue weighted by molar-refractivity contribution is 7.90. The Hall–Kier alpha value is -2.45. The minimum Gasteiger partial charge on any atom is -0.394 e. The van der Waals surface area contributed by atoms with Crippen molar-refractivity contribution in [2.45, 2.75) is 11.2 Å². The number of nitrogens with two attached hydrogens (primary N) is 1. The van der Waals surface area contributed by atoms with Crippen LogP contribution in [0.25, 0.3) is 0 Å². The summed E-state index contributed by atoms with van der Waals surface area (Å²) in [6.45, 7) is -0.700. The molecular formula is C21H21ClN2O4S. The van der Waals surface area contributed by atoms with Crippen molar-refractivity contribution in [3.05, 3.63) is 94.3 Å². The Morgan fingerprint density at radius 3 is 2.28 bits per heavy atom. The number of benzene rings is 2. The molecule has 6 nitrogen and oxygen atoms in total. The fourth-order valence-corrected chi connectivity index (χ4v) is 4.60. The lowest BCUT2D eigenvalue weighted by atomic mass is 9.94. The Morgan fingerprint density at radius 1 is 1.07 bits per heavy atom.